The van der Waals surface area contributed by atoms with Gasteiger partial charge >= 0.3 is 5.97 Å². The Hall–Kier alpha value is -2.89. The summed E-state index contributed by atoms with van der Waals surface area (Å²) in [5.74, 6) is -0.349. The minimum absolute atomic E-state index is 0.333. The molecular formula is C22H17Cl2N3O2. The van der Waals surface area contributed by atoms with Gasteiger partial charge in [-0.3, -0.25) is 0 Å². The molecule has 0 aliphatic carbocycles. The van der Waals surface area contributed by atoms with Gasteiger partial charge in [-0.05, 0) is 48.9 Å². The van der Waals surface area contributed by atoms with Gasteiger partial charge in [-0.2, -0.15) is 0 Å². The standard InChI is InChI=1S/C22H17Cl2N3O2/c1-2-29-22(28)15-5-3-4-14(10-15)19-8-9-20-21(26-19)27(13-25-20)12-16-6-7-17(23)11-18(16)24/h3-11,13H,2,12H2,1H3. The Labute approximate surface area is 177 Å². The third kappa shape index (κ3) is 4.11. The van der Waals surface area contributed by atoms with Gasteiger partial charge in [-0.25, -0.2) is 14.8 Å². The van der Waals surface area contributed by atoms with Gasteiger partial charge in [0.2, 0.25) is 0 Å². The molecule has 0 aliphatic rings. The number of halogens is 2. The summed E-state index contributed by atoms with van der Waals surface area (Å²) in [5.41, 5.74) is 4.50. The van der Waals surface area contributed by atoms with Gasteiger partial charge < -0.3 is 9.30 Å². The average molecular weight is 426 g/mol. The molecule has 4 aromatic rings. The van der Waals surface area contributed by atoms with Gasteiger partial charge in [0.1, 0.15) is 5.52 Å². The fourth-order valence-corrected chi connectivity index (χ4v) is 3.54. The third-order valence-corrected chi connectivity index (χ3v) is 5.07. The summed E-state index contributed by atoms with van der Waals surface area (Å²) < 4.78 is 7.02. The highest BCUT2D eigenvalue weighted by Gasteiger charge is 2.12. The number of fused-ring (bicyclic) bond motifs is 1. The predicted molar refractivity (Wildman–Crippen MR) is 114 cm³/mol. The van der Waals surface area contributed by atoms with Crippen LogP contribution < -0.4 is 0 Å². The number of imidazole rings is 1. The topological polar surface area (TPSA) is 57.0 Å². The number of hydrogen-bond donors (Lipinski definition) is 0. The highest BCUT2D eigenvalue weighted by Crippen LogP contribution is 2.25. The molecule has 146 valence electrons. The molecule has 5 nitrogen and oxygen atoms in total. The molecule has 7 heteroatoms. The van der Waals surface area contributed by atoms with E-state index < -0.39 is 0 Å². The van der Waals surface area contributed by atoms with Crippen molar-refractivity contribution in [2.45, 2.75) is 13.5 Å². The fraction of sp³-hybridized carbons (Fsp3) is 0.136. The molecule has 0 atom stereocenters. The van der Waals surface area contributed by atoms with Crippen molar-refractivity contribution in [2.24, 2.45) is 0 Å². The number of rotatable bonds is 5. The van der Waals surface area contributed by atoms with Gasteiger partial charge in [-0.15, -0.1) is 0 Å². The van der Waals surface area contributed by atoms with Crippen LogP contribution >= 0.6 is 23.2 Å². The molecular weight excluding hydrogens is 409 g/mol. The zero-order chi connectivity index (χ0) is 20.4. The molecule has 0 fully saturated rings. The molecule has 0 unspecified atom stereocenters. The van der Waals surface area contributed by atoms with Gasteiger partial charge in [0, 0.05) is 15.6 Å². The van der Waals surface area contributed by atoms with Gasteiger partial charge in [0.15, 0.2) is 5.65 Å². The highest BCUT2D eigenvalue weighted by molar-refractivity contribution is 6.35. The van der Waals surface area contributed by atoms with Crippen molar-refractivity contribution >= 4 is 40.3 Å². The number of pyridine rings is 1. The Morgan fingerprint density at radius 1 is 1.10 bits per heavy atom. The first kappa shape index (κ1) is 19.4. The molecule has 0 saturated carbocycles. The summed E-state index contributed by atoms with van der Waals surface area (Å²) in [6, 6.07) is 16.5. The van der Waals surface area contributed by atoms with Crippen LogP contribution in [0.25, 0.3) is 22.4 Å². The van der Waals surface area contributed by atoms with Crippen LogP contribution in [0.3, 0.4) is 0 Å². The van der Waals surface area contributed by atoms with Crippen LogP contribution in [0.15, 0.2) is 60.9 Å². The first-order valence-corrected chi connectivity index (χ1v) is 9.84. The number of carbonyl (C=O) groups excluding carboxylic acids is 1. The Morgan fingerprint density at radius 2 is 1.97 bits per heavy atom. The lowest BCUT2D eigenvalue weighted by molar-refractivity contribution is 0.0526. The Bertz CT molecular complexity index is 1200. The number of nitrogens with zero attached hydrogens (tertiary/aromatic N) is 3. The number of esters is 1. The van der Waals surface area contributed by atoms with E-state index in [1.807, 2.05) is 41.0 Å². The first-order valence-electron chi connectivity index (χ1n) is 9.08. The molecule has 0 saturated heterocycles. The largest absolute Gasteiger partial charge is 0.462 e. The molecule has 29 heavy (non-hydrogen) atoms. The maximum absolute atomic E-state index is 12.0. The number of aromatic nitrogens is 3. The molecule has 0 N–H and O–H groups in total. The SMILES string of the molecule is CCOC(=O)c1cccc(-c2ccc3ncn(Cc4ccc(Cl)cc4Cl)c3n2)c1. The van der Waals surface area contributed by atoms with Gasteiger partial charge in [0.05, 0.1) is 30.7 Å². The lowest BCUT2D eigenvalue weighted by atomic mass is 10.1. The molecule has 0 radical (unpaired) electrons. The summed E-state index contributed by atoms with van der Waals surface area (Å²) >= 11 is 12.3. The van der Waals surface area contributed by atoms with E-state index in [0.29, 0.717) is 28.8 Å². The van der Waals surface area contributed by atoms with Crippen LogP contribution in [0.5, 0.6) is 0 Å². The van der Waals surface area contributed by atoms with E-state index in [1.165, 1.54) is 0 Å². The van der Waals surface area contributed by atoms with Crippen LogP contribution in [0.2, 0.25) is 10.0 Å². The van der Waals surface area contributed by atoms with E-state index in [2.05, 4.69) is 4.98 Å². The Balaban J connectivity index is 1.70. The van der Waals surface area contributed by atoms with Crippen molar-refractivity contribution in [3.63, 3.8) is 0 Å². The van der Waals surface area contributed by atoms with E-state index in [4.69, 9.17) is 32.9 Å². The molecule has 0 bridgehead atoms. The molecule has 4 rings (SSSR count). The average Bonchev–Trinajstić information content (AvgIpc) is 3.12. The van der Waals surface area contributed by atoms with Crippen molar-refractivity contribution in [2.75, 3.05) is 6.61 Å². The molecule has 2 heterocycles. The fourth-order valence-electron chi connectivity index (χ4n) is 3.07. The van der Waals surface area contributed by atoms with Crippen molar-refractivity contribution in [1.29, 1.82) is 0 Å². The monoisotopic (exact) mass is 425 g/mol. The lowest BCUT2D eigenvalue weighted by Crippen LogP contribution is -2.04. The maximum Gasteiger partial charge on any atom is 0.338 e. The van der Waals surface area contributed by atoms with E-state index in [-0.39, 0.29) is 5.97 Å². The first-order chi connectivity index (χ1) is 14.0. The quantitative estimate of drug-likeness (QED) is 0.388. The molecule has 0 spiro atoms. The number of benzene rings is 2. The number of ether oxygens (including phenoxy) is 1. The van der Waals surface area contributed by atoms with E-state index in [0.717, 1.165) is 28.0 Å². The molecule has 0 aliphatic heterocycles. The van der Waals surface area contributed by atoms with E-state index in [9.17, 15) is 4.79 Å². The minimum atomic E-state index is -0.349. The molecule has 2 aromatic carbocycles. The van der Waals surface area contributed by atoms with Gasteiger partial charge in [0.25, 0.3) is 0 Å². The second-order valence-corrected chi connectivity index (χ2v) is 7.29. The Morgan fingerprint density at radius 3 is 2.76 bits per heavy atom. The zero-order valence-electron chi connectivity index (χ0n) is 15.6. The van der Waals surface area contributed by atoms with Crippen LogP contribution in [0.1, 0.15) is 22.8 Å². The summed E-state index contributed by atoms with van der Waals surface area (Å²) in [5, 5.41) is 1.19. The summed E-state index contributed by atoms with van der Waals surface area (Å²) in [7, 11) is 0. The second-order valence-electron chi connectivity index (χ2n) is 6.45. The molecule has 2 aromatic heterocycles. The smallest absolute Gasteiger partial charge is 0.338 e. The van der Waals surface area contributed by atoms with Crippen molar-refractivity contribution in [3.05, 3.63) is 82.1 Å². The highest BCUT2D eigenvalue weighted by atomic mass is 35.5. The van der Waals surface area contributed by atoms with Gasteiger partial charge in [-0.1, -0.05) is 41.4 Å². The van der Waals surface area contributed by atoms with Crippen LogP contribution in [-0.4, -0.2) is 27.1 Å². The van der Waals surface area contributed by atoms with E-state index in [1.54, 1.807) is 31.5 Å². The predicted octanol–water partition coefficient (Wildman–Crippen LogP) is 5.63. The summed E-state index contributed by atoms with van der Waals surface area (Å²) in [6.07, 6.45) is 1.74. The maximum atomic E-state index is 12.0. The van der Waals surface area contributed by atoms with Crippen molar-refractivity contribution in [1.82, 2.24) is 14.5 Å². The second kappa shape index (κ2) is 8.23. The Kier molecular flexibility index (Phi) is 5.51. The van der Waals surface area contributed by atoms with E-state index >= 15 is 0 Å². The van der Waals surface area contributed by atoms with Crippen LogP contribution in [0, 0.1) is 0 Å². The number of carbonyl (C=O) groups is 1. The zero-order valence-corrected chi connectivity index (χ0v) is 17.1. The lowest BCUT2D eigenvalue weighted by Gasteiger charge is -2.08. The summed E-state index contributed by atoms with van der Waals surface area (Å²) in [4.78, 5) is 21.2. The van der Waals surface area contributed by atoms with Crippen molar-refractivity contribution < 1.29 is 9.53 Å². The normalized spacial score (nSPS) is 11.0. The minimum Gasteiger partial charge on any atom is -0.462 e. The molecule has 0 amide bonds. The van der Waals surface area contributed by atoms with Crippen LogP contribution in [-0.2, 0) is 11.3 Å². The summed E-state index contributed by atoms with van der Waals surface area (Å²) in [6.45, 7) is 2.64. The number of hydrogen-bond acceptors (Lipinski definition) is 4. The van der Waals surface area contributed by atoms with Crippen molar-refractivity contribution in [3.8, 4) is 11.3 Å². The van der Waals surface area contributed by atoms with Crippen LogP contribution in [0.4, 0.5) is 0 Å². The third-order valence-electron chi connectivity index (χ3n) is 4.49.